The molecule has 1 amide bonds. The summed E-state index contributed by atoms with van der Waals surface area (Å²) in [5, 5.41) is 8.69. The Kier molecular flexibility index (Phi) is 6.01. The molecular formula is C11H16BrNO2S. The molecule has 0 radical (unpaired) electrons. The van der Waals surface area contributed by atoms with Crippen molar-refractivity contribution in [2.45, 2.75) is 26.3 Å². The molecule has 0 spiro atoms. The van der Waals surface area contributed by atoms with Crippen LogP contribution in [0.4, 0.5) is 0 Å². The van der Waals surface area contributed by atoms with Crippen molar-refractivity contribution < 1.29 is 9.90 Å². The van der Waals surface area contributed by atoms with Gasteiger partial charge in [-0.2, -0.15) is 0 Å². The van der Waals surface area contributed by atoms with Gasteiger partial charge in [0.15, 0.2) is 0 Å². The van der Waals surface area contributed by atoms with E-state index in [0.717, 1.165) is 3.79 Å². The average molecular weight is 306 g/mol. The van der Waals surface area contributed by atoms with E-state index in [1.54, 1.807) is 11.3 Å². The van der Waals surface area contributed by atoms with Crippen molar-refractivity contribution in [2.24, 2.45) is 0 Å². The van der Waals surface area contributed by atoms with Crippen LogP contribution in [0.1, 0.15) is 24.6 Å². The largest absolute Gasteiger partial charge is 0.396 e. The fourth-order valence-electron chi connectivity index (χ4n) is 1.39. The summed E-state index contributed by atoms with van der Waals surface area (Å²) in [6, 6.07) is 4.02. The minimum Gasteiger partial charge on any atom is -0.396 e. The number of nitrogens with zero attached hydrogens (tertiary/aromatic N) is 1. The smallest absolute Gasteiger partial charge is 0.222 e. The maximum atomic E-state index is 11.8. The number of aliphatic hydroxyl groups is 1. The van der Waals surface area contributed by atoms with E-state index in [0.29, 0.717) is 25.9 Å². The van der Waals surface area contributed by atoms with Crippen LogP contribution in [-0.2, 0) is 11.3 Å². The lowest BCUT2D eigenvalue weighted by molar-refractivity contribution is -0.131. The standard InChI is InChI=1S/C11H16BrNO2S/c1-2-13(11(15)4-3-7-14)8-9-5-6-10(12)16-9/h5-6,14H,2-4,7-8H2,1H3. The summed E-state index contributed by atoms with van der Waals surface area (Å²) in [5.74, 6) is 0.112. The Hall–Kier alpha value is -0.390. The Morgan fingerprint density at radius 3 is 2.81 bits per heavy atom. The average Bonchev–Trinajstić information content (AvgIpc) is 2.68. The van der Waals surface area contributed by atoms with Crippen LogP contribution in [0.25, 0.3) is 0 Å². The highest BCUT2D eigenvalue weighted by Crippen LogP contribution is 2.23. The number of hydrogen-bond donors (Lipinski definition) is 1. The number of carbonyl (C=O) groups excluding carboxylic acids is 1. The monoisotopic (exact) mass is 305 g/mol. The number of carbonyl (C=O) groups is 1. The van der Waals surface area contributed by atoms with E-state index in [1.165, 1.54) is 4.88 Å². The molecule has 0 aliphatic rings. The molecule has 0 fully saturated rings. The fraction of sp³-hybridized carbons (Fsp3) is 0.545. The molecule has 1 rings (SSSR count). The maximum absolute atomic E-state index is 11.8. The van der Waals surface area contributed by atoms with Gasteiger partial charge in [0, 0.05) is 24.4 Å². The van der Waals surface area contributed by atoms with E-state index in [1.807, 2.05) is 24.0 Å². The van der Waals surface area contributed by atoms with Gasteiger partial charge in [-0.25, -0.2) is 0 Å². The fourth-order valence-corrected chi connectivity index (χ4v) is 2.89. The van der Waals surface area contributed by atoms with Crippen LogP contribution in [-0.4, -0.2) is 29.1 Å². The first-order valence-corrected chi connectivity index (χ1v) is 6.91. The molecular weight excluding hydrogens is 290 g/mol. The van der Waals surface area contributed by atoms with Crippen LogP contribution in [0, 0.1) is 0 Å². The molecule has 16 heavy (non-hydrogen) atoms. The quantitative estimate of drug-likeness (QED) is 0.878. The third-order valence-corrected chi connectivity index (χ3v) is 3.87. The van der Waals surface area contributed by atoms with Gasteiger partial charge in [0.1, 0.15) is 0 Å². The van der Waals surface area contributed by atoms with Crippen molar-refractivity contribution in [3.8, 4) is 0 Å². The lowest BCUT2D eigenvalue weighted by Gasteiger charge is -2.19. The molecule has 1 heterocycles. The van der Waals surface area contributed by atoms with Crippen LogP contribution in [0.3, 0.4) is 0 Å². The van der Waals surface area contributed by atoms with Crippen molar-refractivity contribution in [3.63, 3.8) is 0 Å². The highest BCUT2D eigenvalue weighted by molar-refractivity contribution is 9.11. The Labute approximate surface area is 108 Å². The number of hydrogen-bond acceptors (Lipinski definition) is 3. The van der Waals surface area contributed by atoms with Gasteiger partial charge in [-0.05, 0) is 41.4 Å². The highest BCUT2D eigenvalue weighted by atomic mass is 79.9. The number of thiophene rings is 1. The molecule has 0 aliphatic carbocycles. The molecule has 0 saturated heterocycles. The van der Waals surface area contributed by atoms with Gasteiger partial charge in [-0.3, -0.25) is 4.79 Å². The Morgan fingerprint density at radius 2 is 2.31 bits per heavy atom. The lowest BCUT2D eigenvalue weighted by Crippen LogP contribution is -2.29. The van der Waals surface area contributed by atoms with E-state index in [9.17, 15) is 4.79 Å². The Bertz CT molecular complexity index is 340. The third kappa shape index (κ3) is 4.23. The summed E-state index contributed by atoms with van der Waals surface area (Å²) in [6.07, 6.45) is 0.973. The number of halogens is 1. The number of rotatable bonds is 6. The van der Waals surface area contributed by atoms with Crippen molar-refractivity contribution in [1.82, 2.24) is 4.90 Å². The maximum Gasteiger partial charge on any atom is 0.222 e. The molecule has 0 aliphatic heterocycles. The molecule has 1 N–H and O–H groups in total. The molecule has 90 valence electrons. The summed E-state index contributed by atoms with van der Waals surface area (Å²) in [7, 11) is 0. The van der Waals surface area contributed by atoms with Crippen molar-refractivity contribution in [2.75, 3.05) is 13.2 Å². The summed E-state index contributed by atoms with van der Waals surface area (Å²) in [4.78, 5) is 14.7. The third-order valence-electron chi connectivity index (χ3n) is 2.26. The zero-order chi connectivity index (χ0) is 12.0. The SMILES string of the molecule is CCN(Cc1ccc(Br)s1)C(=O)CCCO. The Balaban J connectivity index is 2.51. The van der Waals surface area contributed by atoms with E-state index in [-0.39, 0.29) is 12.5 Å². The molecule has 0 unspecified atom stereocenters. The van der Waals surface area contributed by atoms with Gasteiger partial charge < -0.3 is 10.0 Å². The second kappa shape index (κ2) is 7.04. The first kappa shape index (κ1) is 13.7. The zero-order valence-corrected chi connectivity index (χ0v) is 11.7. The van der Waals surface area contributed by atoms with Crippen LogP contribution in [0.5, 0.6) is 0 Å². The second-order valence-electron chi connectivity index (χ2n) is 3.44. The van der Waals surface area contributed by atoms with Crippen LogP contribution < -0.4 is 0 Å². The summed E-state index contributed by atoms with van der Waals surface area (Å²) in [5.41, 5.74) is 0. The summed E-state index contributed by atoms with van der Waals surface area (Å²) < 4.78 is 1.08. The van der Waals surface area contributed by atoms with E-state index < -0.39 is 0 Å². The van der Waals surface area contributed by atoms with Crippen LogP contribution in [0.15, 0.2) is 15.9 Å². The predicted molar refractivity (Wildman–Crippen MR) is 69.4 cm³/mol. The van der Waals surface area contributed by atoms with E-state index >= 15 is 0 Å². The minimum absolute atomic E-state index is 0.0772. The summed E-state index contributed by atoms with van der Waals surface area (Å²) in [6.45, 7) is 3.42. The first-order valence-electron chi connectivity index (χ1n) is 5.30. The molecule has 1 aromatic heterocycles. The molecule has 5 heteroatoms. The highest BCUT2D eigenvalue weighted by Gasteiger charge is 2.12. The molecule has 1 aromatic rings. The number of amides is 1. The van der Waals surface area contributed by atoms with Gasteiger partial charge in [0.2, 0.25) is 5.91 Å². The lowest BCUT2D eigenvalue weighted by atomic mass is 10.2. The van der Waals surface area contributed by atoms with Crippen LogP contribution in [0.2, 0.25) is 0 Å². The van der Waals surface area contributed by atoms with E-state index in [2.05, 4.69) is 15.9 Å². The van der Waals surface area contributed by atoms with Crippen molar-refractivity contribution in [3.05, 3.63) is 20.8 Å². The van der Waals surface area contributed by atoms with Gasteiger partial charge in [-0.1, -0.05) is 0 Å². The second-order valence-corrected chi connectivity index (χ2v) is 5.99. The zero-order valence-electron chi connectivity index (χ0n) is 9.28. The van der Waals surface area contributed by atoms with Crippen LogP contribution >= 0.6 is 27.3 Å². The molecule has 0 saturated carbocycles. The topological polar surface area (TPSA) is 40.5 Å². The Morgan fingerprint density at radius 1 is 1.56 bits per heavy atom. The van der Waals surface area contributed by atoms with Gasteiger partial charge in [0.25, 0.3) is 0 Å². The summed E-state index contributed by atoms with van der Waals surface area (Å²) >= 11 is 5.05. The molecule has 0 bridgehead atoms. The normalized spacial score (nSPS) is 10.4. The van der Waals surface area contributed by atoms with E-state index in [4.69, 9.17) is 5.11 Å². The van der Waals surface area contributed by atoms with Gasteiger partial charge in [0.05, 0.1) is 10.3 Å². The predicted octanol–water partition coefficient (Wildman–Crippen LogP) is 2.63. The number of aliphatic hydroxyl groups excluding tert-OH is 1. The van der Waals surface area contributed by atoms with Crippen molar-refractivity contribution >= 4 is 33.2 Å². The molecule has 0 atom stereocenters. The molecule has 0 aromatic carbocycles. The minimum atomic E-state index is 0.0772. The molecule has 3 nitrogen and oxygen atoms in total. The first-order chi connectivity index (χ1) is 7.67. The van der Waals surface area contributed by atoms with Gasteiger partial charge >= 0.3 is 0 Å². The van der Waals surface area contributed by atoms with Gasteiger partial charge in [-0.15, -0.1) is 11.3 Å². The van der Waals surface area contributed by atoms with Crippen molar-refractivity contribution in [1.29, 1.82) is 0 Å².